The van der Waals surface area contributed by atoms with Gasteiger partial charge in [0.05, 0.1) is 11.4 Å². The summed E-state index contributed by atoms with van der Waals surface area (Å²) < 4.78 is 0. The smallest absolute Gasteiger partial charge is 0.298 e. The highest BCUT2D eigenvalue weighted by molar-refractivity contribution is 6.01. The Labute approximate surface area is 148 Å². The third-order valence-corrected chi connectivity index (χ3v) is 6.19. The summed E-state index contributed by atoms with van der Waals surface area (Å²) in [5, 5.41) is 9.20. The first-order valence-corrected chi connectivity index (χ1v) is 8.95. The van der Waals surface area contributed by atoms with Crippen LogP contribution in [0.15, 0.2) is 47.6 Å². The van der Waals surface area contributed by atoms with E-state index >= 15 is 0 Å². The predicted molar refractivity (Wildman–Crippen MR) is 101 cm³/mol. The SMILES string of the molecule is CC1(C)/C(=N/OC(=O)Nc2cccc3ccccc23)[C@@]2(C)CC[C@@H]1C2. The fraction of sp³-hybridized carbons (Fsp3) is 0.429. The number of anilines is 1. The lowest BCUT2D eigenvalue weighted by Crippen LogP contribution is -2.36. The Morgan fingerprint density at radius 3 is 2.68 bits per heavy atom. The molecule has 25 heavy (non-hydrogen) atoms. The molecule has 0 radical (unpaired) electrons. The Bertz CT molecular complexity index is 859. The van der Waals surface area contributed by atoms with E-state index in [0.29, 0.717) is 5.92 Å². The second kappa shape index (κ2) is 5.58. The van der Waals surface area contributed by atoms with E-state index in [1.807, 2.05) is 42.5 Å². The van der Waals surface area contributed by atoms with Gasteiger partial charge >= 0.3 is 6.09 Å². The summed E-state index contributed by atoms with van der Waals surface area (Å²) in [5.41, 5.74) is 1.85. The molecule has 0 unspecified atom stereocenters. The van der Waals surface area contributed by atoms with Gasteiger partial charge in [-0.05, 0) is 36.6 Å². The molecule has 1 N–H and O–H groups in total. The van der Waals surface area contributed by atoms with E-state index in [1.165, 1.54) is 6.42 Å². The standard InChI is InChI=1S/C21H24N2O2/c1-20(2)15-11-12-21(3,13-15)18(20)23-25-19(24)22-17-10-6-8-14-7-4-5-9-16(14)17/h4-10,15H,11-13H2,1-3H3,(H,22,24)/b23-18-/t15-,21+/m1/s1. The van der Waals surface area contributed by atoms with E-state index in [0.717, 1.165) is 35.0 Å². The molecular formula is C21H24N2O2. The Hall–Kier alpha value is -2.36. The molecule has 1 amide bonds. The van der Waals surface area contributed by atoms with Gasteiger partial charge < -0.3 is 0 Å². The van der Waals surface area contributed by atoms with E-state index in [2.05, 4.69) is 31.2 Å². The zero-order valence-corrected chi connectivity index (χ0v) is 15.0. The Morgan fingerprint density at radius 1 is 1.16 bits per heavy atom. The molecule has 130 valence electrons. The molecule has 2 aromatic rings. The number of fused-ring (bicyclic) bond motifs is 3. The highest BCUT2D eigenvalue weighted by Crippen LogP contribution is 2.60. The van der Waals surface area contributed by atoms with Crippen LogP contribution in [0.4, 0.5) is 10.5 Å². The van der Waals surface area contributed by atoms with Crippen LogP contribution in [0.25, 0.3) is 10.8 Å². The van der Waals surface area contributed by atoms with Gasteiger partial charge in [-0.15, -0.1) is 0 Å². The van der Waals surface area contributed by atoms with Crippen LogP contribution in [0.3, 0.4) is 0 Å². The number of nitrogens with zero attached hydrogens (tertiary/aromatic N) is 1. The number of rotatable bonds is 2. The number of hydrogen-bond donors (Lipinski definition) is 1. The highest BCUT2D eigenvalue weighted by atomic mass is 16.7. The van der Waals surface area contributed by atoms with Gasteiger partial charge in [-0.25, -0.2) is 4.79 Å². The lowest BCUT2D eigenvalue weighted by molar-refractivity contribution is 0.162. The van der Waals surface area contributed by atoms with Gasteiger partial charge in [0, 0.05) is 16.2 Å². The van der Waals surface area contributed by atoms with Crippen LogP contribution in [-0.2, 0) is 4.84 Å². The average Bonchev–Trinajstić information content (AvgIpc) is 3.06. The minimum absolute atomic E-state index is 0.00667. The number of benzene rings is 2. The Balaban J connectivity index is 1.53. The number of carbonyl (C=O) groups is 1. The van der Waals surface area contributed by atoms with Crippen LogP contribution in [0.2, 0.25) is 0 Å². The van der Waals surface area contributed by atoms with Crippen molar-refractivity contribution in [2.75, 3.05) is 5.32 Å². The van der Waals surface area contributed by atoms with Crippen molar-refractivity contribution in [1.29, 1.82) is 0 Å². The first-order valence-electron chi connectivity index (χ1n) is 8.95. The molecule has 4 nitrogen and oxygen atoms in total. The molecule has 4 rings (SSSR count). The van der Waals surface area contributed by atoms with Crippen LogP contribution in [0, 0.1) is 16.7 Å². The van der Waals surface area contributed by atoms with Gasteiger partial charge in [-0.3, -0.25) is 10.2 Å². The van der Waals surface area contributed by atoms with Crippen molar-refractivity contribution >= 4 is 28.3 Å². The van der Waals surface area contributed by atoms with Crippen molar-refractivity contribution in [2.45, 2.75) is 40.0 Å². The van der Waals surface area contributed by atoms with Crippen LogP contribution in [-0.4, -0.2) is 11.8 Å². The Kier molecular flexibility index (Phi) is 3.60. The molecule has 0 heterocycles. The fourth-order valence-electron chi connectivity index (χ4n) is 4.83. The van der Waals surface area contributed by atoms with Crippen molar-refractivity contribution in [3.63, 3.8) is 0 Å². The highest BCUT2D eigenvalue weighted by Gasteiger charge is 2.57. The molecule has 2 aliphatic carbocycles. The maximum atomic E-state index is 12.3. The molecule has 4 heteroatoms. The van der Waals surface area contributed by atoms with Gasteiger partial charge in [0.15, 0.2) is 0 Å². The summed E-state index contributed by atoms with van der Waals surface area (Å²) in [6, 6.07) is 13.8. The van der Waals surface area contributed by atoms with E-state index in [4.69, 9.17) is 4.84 Å². The molecule has 0 aliphatic heterocycles. The molecule has 2 fully saturated rings. The monoisotopic (exact) mass is 336 g/mol. The normalized spacial score (nSPS) is 28.4. The number of nitrogens with one attached hydrogen (secondary N) is 1. The maximum Gasteiger partial charge on any atom is 0.437 e. The second-order valence-electron chi connectivity index (χ2n) is 8.19. The molecular weight excluding hydrogens is 312 g/mol. The fourth-order valence-corrected chi connectivity index (χ4v) is 4.83. The summed E-state index contributed by atoms with van der Waals surface area (Å²) >= 11 is 0. The van der Waals surface area contributed by atoms with Gasteiger partial charge in [0.25, 0.3) is 0 Å². The lowest BCUT2D eigenvalue weighted by atomic mass is 9.71. The van der Waals surface area contributed by atoms with E-state index in [1.54, 1.807) is 0 Å². The van der Waals surface area contributed by atoms with Gasteiger partial charge in [-0.2, -0.15) is 0 Å². The van der Waals surface area contributed by atoms with E-state index in [-0.39, 0.29) is 10.8 Å². The van der Waals surface area contributed by atoms with E-state index < -0.39 is 6.09 Å². The molecule has 0 aromatic heterocycles. The quantitative estimate of drug-likeness (QED) is 0.574. The minimum atomic E-state index is -0.536. The summed E-state index contributed by atoms with van der Waals surface area (Å²) in [6.45, 7) is 6.67. The number of oxime groups is 1. The topological polar surface area (TPSA) is 50.7 Å². The molecule has 0 saturated heterocycles. The molecule has 0 spiro atoms. The number of amides is 1. The van der Waals surface area contributed by atoms with Crippen molar-refractivity contribution in [2.24, 2.45) is 21.9 Å². The van der Waals surface area contributed by atoms with Crippen molar-refractivity contribution < 1.29 is 9.63 Å². The average molecular weight is 336 g/mol. The largest absolute Gasteiger partial charge is 0.437 e. The van der Waals surface area contributed by atoms with Crippen LogP contribution >= 0.6 is 0 Å². The first-order chi connectivity index (χ1) is 11.9. The van der Waals surface area contributed by atoms with Crippen molar-refractivity contribution in [3.8, 4) is 0 Å². The van der Waals surface area contributed by atoms with Crippen LogP contribution < -0.4 is 5.32 Å². The van der Waals surface area contributed by atoms with Crippen molar-refractivity contribution in [1.82, 2.24) is 0 Å². The number of hydrogen-bond acceptors (Lipinski definition) is 3. The minimum Gasteiger partial charge on any atom is -0.298 e. The summed E-state index contributed by atoms with van der Waals surface area (Å²) in [6.07, 6.45) is 2.98. The third kappa shape index (κ3) is 2.60. The summed E-state index contributed by atoms with van der Waals surface area (Å²) in [5.74, 6) is 0.640. The van der Waals surface area contributed by atoms with Gasteiger partial charge in [0.1, 0.15) is 0 Å². The molecule has 2 aromatic carbocycles. The molecule has 2 atom stereocenters. The zero-order chi connectivity index (χ0) is 17.7. The third-order valence-electron chi connectivity index (χ3n) is 6.19. The molecule has 2 saturated carbocycles. The zero-order valence-electron chi connectivity index (χ0n) is 15.0. The van der Waals surface area contributed by atoms with Crippen molar-refractivity contribution in [3.05, 3.63) is 42.5 Å². The van der Waals surface area contributed by atoms with Gasteiger partial charge in [-0.1, -0.05) is 62.3 Å². The lowest BCUT2D eigenvalue weighted by Gasteiger charge is -2.34. The number of carbonyl (C=O) groups excluding carboxylic acids is 1. The first kappa shape index (κ1) is 16.1. The second-order valence-corrected chi connectivity index (χ2v) is 8.19. The predicted octanol–water partition coefficient (Wildman–Crippen LogP) is 5.59. The maximum absolute atomic E-state index is 12.3. The summed E-state index contributed by atoms with van der Waals surface area (Å²) in [4.78, 5) is 17.6. The van der Waals surface area contributed by atoms with Gasteiger partial charge in [0.2, 0.25) is 0 Å². The Morgan fingerprint density at radius 2 is 1.92 bits per heavy atom. The summed E-state index contributed by atoms with van der Waals surface area (Å²) in [7, 11) is 0. The molecule has 2 bridgehead atoms. The van der Waals surface area contributed by atoms with Crippen LogP contribution in [0.5, 0.6) is 0 Å². The molecule has 2 aliphatic rings. The van der Waals surface area contributed by atoms with E-state index in [9.17, 15) is 4.79 Å². The van der Waals surface area contributed by atoms with Crippen LogP contribution in [0.1, 0.15) is 40.0 Å².